The summed E-state index contributed by atoms with van der Waals surface area (Å²) in [6.07, 6.45) is 0.569. The van der Waals surface area contributed by atoms with Gasteiger partial charge in [0.05, 0.1) is 5.69 Å². The molecule has 0 heterocycles. The fraction of sp³-hybridized carbons (Fsp3) is 0.462. The predicted octanol–water partition coefficient (Wildman–Crippen LogP) is 1.52. The van der Waals surface area contributed by atoms with Crippen LogP contribution >= 0.6 is 0 Å². The Morgan fingerprint density at radius 3 is 2.63 bits per heavy atom. The summed E-state index contributed by atoms with van der Waals surface area (Å²) in [6, 6.07) is 4.54. The molecule has 0 unspecified atom stereocenters. The van der Waals surface area contributed by atoms with Gasteiger partial charge >= 0.3 is 0 Å². The van der Waals surface area contributed by atoms with Crippen LogP contribution in [0.3, 0.4) is 0 Å². The molecule has 0 aliphatic rings. The highest BCUT2D eigenvalue weighted by molar-refractivity contribution is 5.97. The van der Waals surface area contributed by atoms with E-state index in [0.717, 1.165) is 0 Å². The van der Waals surface area contributed by atoms with Gasteiger partial charge in [0.15, 0.2) is 5.84 Å². The molecule has 0 bridgehead atoms. The zero-order chi connectivity index (χ0) is 14.4. The van der Waals surface area contributed by atoms with E-state index in [1.54, 1.807) is 12.1 Å². The number of aliphatic hydroxyl groups excluding tert-OH is 1. The molecule has 1 aromatic rings. The van der Waals surface area contributed by atoms with E-state index in [1.165, 1.54) is 6.07 Å². The predicted molar refractivity (Wildman–Crippen MR) is 73.1 cm³/mol. The van der Waals surface area contributed by atoms with Gasteiger partial charge in [-0.3, -0.25) is 0 Å². The normalized spacial score (nSPS) is 11.9. The van der Waals surface area contributed by atoms with Gasteiger partial charge in [0, 0.05) is 24.8 Å². The number of aliphatic hydroxyl groups is 1. The summed E-state index contributed by atoms with van der Waals surface area (Å²) >= 11 is 0. The van der Waals surface area contributed by atoms with Gasteiger partial charge in [0.25, 0.3) is 0 Å². The maximum atomic E-state index is 14.1. The van der Waals surface area contributed by atoms with E-state index in [1.807, 2.05) is 18.7 Å². The molecule has 0 aliphatic carbocycles. The molecule has 0 radical (unpaired) electrons. The number of nitrogens with zero attached hydrogens (tertiary/aromatic N) is 2. The molecular formula is C13H20FN3O2. The minimum Gasteiger partial charge on any atom is -0.409 e. The van der Waals surface area contributed by atoms with Crippen molar-refractivity contribution in [3.8, 4) is 0 Å². The summed E-state index contributed by atoms with van der Waals surface area (Å²) < 4.78 is 14.1. The van der Waals surface area contributed by atoms with Crippen LogP contribution in [0.15, 0.2) is 23.4 Å². The fourth-order valence-corrected chi connectivity index (χ4v) is 1.85. The lowest BCUT2D eigenvalue weighted by Gasteiger charge is -2.29. The standard InChI is InChI=1S/C13H20FN3O2/c1-9(2)17(6-3-7-18)12-5-4-10(8-11(12)14)13(15)16-19/h4-5,8-9,18-19H,3,6-7H2,1-2H3,(H2,15,16). The Balaban J connectivity index is 3.05. The highest BCUT2D eigenvalue weighted by atomic mass is 19.1. The van der Waals surface area contributed by atoms with Crippen molar-refractivity contribution in [3.63, 3.8) is 0 Å². The number of anilines is 1. The van der Waals surface area contributed by atoms with Crippen molar-refractivity contribution < 1.29 is 14.7 Å². The van der Waals surface area contributed by atoms with E-state index in [2.05, 4.69) is 5.16 Å². The first kappa shape index (κ1) is 15.2. The van der Waals surface area contributed by atoms with Gasteiger partial charge in [-0.15, -0.1) is 0 Å². The number of hydrogen-bond donors (Lipinski definition) is 3. The van der Waals surface area contributed by atoms with Crippen LogP contribution in [0.1, 0.15) is 25.8 Å². The van der Waals surface area contributed by atoms with Crippen molar-refractivity contribution in [1.29, 1.82) is 0 Å². The maximum absolute atomic E-state index is 14.1. The zero-order valence-electron chi connectivity index (χ0n) is 11.2. The molecule has 0 fully saturated rings. The second-order valence-electron chi connectivity index (χ2n) is 4.52. The summed E-state index contributed by atoms with van der Waals surface area (Å²) in [5.41, 5.74) is 6.19. The lowest BCUT2D eigenvalue weighted by atomic mass is 10.1. The molecule has 0 atom stereocenters. The lowest BCUT2D eigenvalue weighted by Crippen LogP contribution is -2.33. The summed E-state index contributed by atoms with van der Waals surface area (Å²) in [6.45, 7) is 4.53. The van der Waals surface area contributed by atoms with E-state index < -0.39 is 5.82 Å². The molecule has 0 saturated carbocycles. The van der Waals surface area contributed by atoms with Gasteiger partial charge in [-0.2, -0.15) is 0 Å². The van der Waals surface area contributed by atoms with E-state index in [0.29, 0.717) is 24.2 Å². The molecule has 0 aromatic heterocycles. The van der Waals surface area contributed by atoms with Crippen LogP contribution in [-0.4, -0.2) is 35.3 Å². The first-order valence-electron chi connectivity index (χ1n) is 6.16. The Morgan fingerprint density at radius 1 is 1.47 bits per heavy atom. The van der Waals surface area contributed by atoms with Crippen LogP contribution in [0.2, 0.25) is 0 Å². The quantitative estimate of drug-likeness (QED) is 0.316. The number of halogens is 1. The fourth-order valence-electron chi connectivity index (χ4n) is 1.85. The third-order valence-corrected chi connectivity index (χ3v) is 2.84. The minimum atomic E-state index is -0.435. The highest BCUT2D eigenvalue weighted by Gasteiger charge is 2.15. The van der Waals surface area contributed by atoms with Crippen molar-refractivity contribution >= 4 is 11.5 Å². The van der Waals surface area contributed by atoms with E-state index in [9.17, 15) is 4.39 Å². The molecule has 0 aliphatic heterocycles. The summed E-state index contributed by atoms with van der Waals surface area (Å²) in [7, 11) is 0. The Morgan fingerprint density at radius 2 is 2.16 bits per heavy atom. The molecule has 0 saturated heterocycles. The Hall–Kier alpha value is -1.82. The van der Waals surface area contributed by atoms with E-state index >= 15 is 0 Å². The smallest absolute Gasteiger partial charge is 0.170 e. The van der Waals surface area contributed by atoms with Crippen LogP contribution in [0.5, 0.6) is 0 Å². The second-order valence-corrected chi connectivity index (χ2v) is 4.52. The van der Waals surface area contributed by atoms with Crippen molar-refractivity contribution in [1.82, 2.24) is 0 Å². The molecule has 1 aromatic carbocycles. The first-order valence-corrected chi connectivity index (χ1v) is 6.16. The Bertz CT molecular complexity index is 450. The third-order valence-electron chi connectivity index (χ3n) is 2.84. The van der Waals surface area contributed by atoms with Gasteiger partial charge in [0.2, 0.25) is 0 Å². The second kappa shape index (κ2) is 6.94. The van der Waals surface area contributed by atoms with Crippen LogP contribution in [0, 0.1) is 5.82 Å². The molecule has 0 spiro atoms. The SMILES string of the molecule is CC(C)N(CCCO)c1ccc(C(N)=NO)cc1F. The average Bonchev–Trinajstić information content (AvgIpc) is 2.39. The average molecular weight is 269 g/mol. The molecule has 4 N–H and O–H groups in total. The minimum absolute atomic E-state index is 0.0625. The highest BCUT2D eigenvalue weighted by Crippen LogP contribution is 2.23. The van der Waals surface area contributed by atoms with Gasteiger partial charge in [-0.1, -0.05) is 5.16 Å². The number of amidine groups is 1. The molecule has 1 rings (SSSR count). The molecule has 19 heavy (non-hydrogen) atoms. The summed E-state index contributed by atoms with van der Waals surface area (Å²) in [5, 5.41) is 20.3. The number of oxime groups is 1. The van der Waals surface area contributed by atoms with Gasteiger partial charge in [-0.25, -0.2) is 4.39 Å². The van der Waals surface area contributed by atoms with Crippen molar-refractivity contribution in [3.05, 3.63) is 29.6 Å². The summed E-state index contributed by atoms with van der Waals surface area (Å²) in [4.78, 5) is 1.86. The molecule has 5 nitrogen and oxygen atoms in total. The van der Waals surface area contributed by atoms with Gasteiger partial charge < -0.3 is 20.9 Å². The van der Waals surface area contributed by atoms with Crippen molar-refractivity contribution in [2.24, 2.45) is 10.9 Å². The largest absolute Gasteiger partial charge is 0.409 e. The van der Waals surface area contributed by atoms with Gasteiger partial charge in [0.1, 0.15) is 5.82 Å². The number of rotatable bonds is 6. The molecule has 106 valence electrons. The maximum Gasteiger partial charge on any atom is 0.170 e. The van der Waals surface area contributed by atoms with Gasteiger partial charge in [-0.05, 0) is 38.5 Å². The molecular weight excluding hydrogens is 249 g/mol. The number of benzene rings is 1. The van der Waals surface area contributed by atoms with E-state index in [-0.39, 0.29) is 18.5 Å². The Kier molecular flexibility index (Phi) is 5.57. The first-order chi connectivity index (χ1) is 9.01. The van der Waals surface area contributed by atoms with Crippen molar-refractivity contribution in [2.45, 2.75) is 26.3 Å². The summed E-state index contributed by atoms with van der Waals surface area (Å²) in [5.74, 6) is -0.562. The molecule has 6 heteroatoms. The van der Waals surface area contributed by atoms with Crippen LogP contribution in [0.25, 0.3) is 0 Å². The van der Waals surface area contributed by atoms with E-state index in [4.69, 9.17) is 16.0 Å². The Labute approximate surface area is 112 Å². The van der Waals surface area contributed by atoms with Crippen LogP contribution < -0.4 is 10.6 Å². The van der Waals surface area contributed by atoms with Crippen molar-refractivity contribution in [2.75, 3.05) is 18.1 Å². The zero-order valence-corrected chi connectivity index (χ0v) is 11.2. The monoisotopic (exact) mass is 269 g/mol. The number of nitrogens with two attached hydrogens (primary N) is 1. The lowest BCUT2D eigenvalue weighted by molar-refractivity contribution is 0.288. The van der Waals surface area contributed by atoms with Crippen LogP contribution in [0.4, 0.5) is 10.1 Å². The number of hydrogen-bond acceptors (Lipinski definition) is 4. The topological polar surface area (TPSA) is 82.1 Å². The molecule has 0 amide bonds. The van der Waals surface area contributed by atoms with Crippen LogP contribution in [-0.2, 0) is 0 Å². The third kappa shape index (κ3) is 3.82.